The number of nitrogens with zero attached hydrogens (tertiary/aromatic N) is 2. The van der Waals surface area contributed by atoms with Crippen LogP contribution < -0.4 is 0 Å². The summed E-state index contributed by atoms with van der Waals surface area (Å²) < 4.78 is 2.01. The third-order valence-corrected chi connectivity index (χ3v) is 3.00. The Hall–Kier alpha value is -1.88. The molecule has 19 heavy (non-hydrogen) atoms. The van der Waals surface area contributed by atoms with E-state index in [2.05, 4.69) is 6.58 Å². The number of rotatable bonds is 7. The number of allylic oxidation sites excluding steroid dienone is 1. The van der Waals surface area contributed by atoms with Crippen molar-refractivity contribution < 1.29 is 14.7 Å². The van der Waals surface area contributed by atoms with Gasteiger partial charge in [0.25, 0.3) is 0 Å². The van der Waals surface area contributed by atoms with Gasteiger partial charge in [0.05, 0.1) is 13.1 Å². The molecule has 1 N–H and O–H groups in total. The maximum atomic E-state index is 12.2. The molecule has 0 unspecified atom stereocenters. The monoisotopic (exact) mass is 264 g/mol. The fourth-order valence-corrected chi connectivity index (χ4v) is 2.11. The highest BCUT2D eigenvalue weighted by Crippen LogP contribution is 2.16. The van der Waals surface area contributed by atoms with E-state index in [1.54, 1.807) is 13.1 Å². The summed E-state index contributed by atoms with van der Waals surface area (Å²) in [6.07, 6.45) is 1.78. The second kappa shape index (κ2) is 6.33. The highest BCUT2D eigenvalue weighted by atomic mass is 16.4. The van der Waals surface area contributed by atoms with E-state index in [0.29, 0.717) is 12.1 Å². The number of carbonyl (C=O) groups excluding carboxylic acids is 1. The molecule has 0 aromatic carbocycles. The molecule has 0 aliphatic rings. The lowest BCUT2D eigenvalue weighted by Gasteiger charge is -2.12. The van der Waals surface area contributed by atoms with Gasteiger partial charge >= 0.3 is 5.97 Å². The first-order valence-electron chi connectivity index (χ1n) is 6.08. The number of aromatic nitrogens is 1. The van der Waals surface area contributed by atoms with Gasteiger partial charge < -0.3 is 9.67 Å². The minimum absolute atomic E-state index is 0.0628. The molecule has 5 nitrogen and oxygen atoms in total. The molecular weight excluding hydrogens is 244 g/mol. The zero-order valence-corrected chi connectivity index (χ0v) is 11.6. The minimum atomic E-state index is -0.938. The second-order valence-corrected chi connectivity index (χ2v) is 4.67. The van der Waals surface area contributed by atoms with Crippen molar-refractivity contribution in [2.75, 3.05) is 20.1 Å². The van der Waals surface area contributed by atoms with Crippen LogP contribution in [0.2, 0.25) is 0 Å². The van der Waals surface area contributed by atoms with E-state index in [4.69, 9.17) is 5.11 Å². The topological polar surface area (TPSA) is 62.5 Å². The lowest BCUT2D eigenvalue weighted by molar-refractivity contribution is -0.137. The molecule has 1 heterocycles. The number of likely N-dealkylation sites (N-methyl/N-ethyl adjacent to an activating group) is 1. The van der Waals surface area contributed by atoms with Crippen LogP contribution in [0.5, 0.6) is 0 Å². The van der Waals surface area contributed by atoms with Crippen LogP contribution in [0.4, 0.5) is 0 Å². The molecule has 0 radical (unpaired) electrons. The van der Waals surface area contributed by atoms with E-state index < -0.39 is 5.97 Å². The Morgan fingerprint density at radius 3 is 2.58 bits per heavy atom. The fourth-order valence-electron chi connectivity index (χ4n) is 2.11. The van der Waals surface area contributed by atoms with E-state index in [1.165, 1.54) is 4.90 Å². The van der Waals surface area contributed by atoms with Crippen molar-refractivity contribution in [3.63, 3.8) is 0 Å². The molecular formula is C14H20N2O3. The number of aliphatic carboxylic acids is 1. The van der Waals surface area contributed by atoms with Gasteiger partial charge in [-0.15, -0.1) is 6.58 Å². The van der Waals surface area contributed by atoms with Crippen LogP contribution in [0.15, 0.2) is 18.7 Å². The summed E-state index contributed by atoms with van der Waals surface area (Å²) in [6, 6.07) is 1.84. The largest absolute Gasteiger partial charge is 0.480 e. The Balaban J connectivity index is 2.85. The number of aryl methyl sites for hydroxylation is 1. The van der Waals surface area contributed by atoms with E-state index in [0.717, 1.165) is 11.4 Å². The van der Waals surface area contributed by atoms with Crippen molar-refractivity contribution in [2.24, 2.45) is 0 Å². The Morgan fingerprint density at radius 2 is 2.05 bits per heavy atom. The van der Waals surface area contributed by atoms with Crippen LogP contribution in [-0.4, -0.2) is 46.5 Å². The maximum absolute atomic E-state index is 12.2. The molecule has 0 saturated carbocycles. The molecule has 0 aliphatic carbocycles. The van der Waals surface area contributed by atoms with Crippen LogP contribution >= 0.6 is 0 Å². The lowest BCUT2D eigenvalue weighted by Crippen LogP contribution is -2.31. The normalized spacial score (nSPS) is 10.7. The van der Waals surface area contributed by atoms with E-state index >= 15 is 0 Å². The SMILES string of the molecule is C=CCn1c(C)cc(C(=O)CN(C)CC(=O)O)c1C. The van der Waals surface area contributed by atoms with Gasteiger partial charge in [0.1, 0.15) is 0 Å². The zero-order chi connectivity index (χ0) is 14.6. The third kappa shape index (κ3) is 3.79. The molecule has 0 bridgehead atoms. The molecule has 1 rings (SSSR count). The van der Waals surface area contributed by atoms with Gasteiger partial charge in [-0.05, 0) is 27.0 Å². The third-order valence-electron chi connectivity index (χ3n) is 3.00. The summed E-state index contributed by atoms with van der Waals surface area (Å²) >= 11 is 0. The molecule has 0 atom stereocenters. The van der Waals surface area contributed by atoms with Crippen molar-refractivity contribution in [2.45, 2.75) is 20.4 Å². The summed E-state index contributed by atoms with van der Waals surface area (Å²) in [6.45, 7) is 8.15. The second-order valence-electron chi connectivity index (χ2n) is 4.67. The van der Waals surface area contributed by atoms with Gasteiger partial charge in [-0.1, -0.05) is 6.08 Å². The van der Waals surface area contributed by atoms with Gasteiger partial charge in [-0.2, -0.15) is 0 Å². The summed E-state index contributed by atoms with van der Waals surface area (Å²) in [4.78, 5) is 24.2. The summed E-state index contributed by atoms with van der Waals surface area (Å²) in [5.74, 6) is -1.00. The summed E-state index contributed by atoms with van der Waals surface area (Å²) in [5.41, 5.74) is 2.55. The van der Waals surface area contributed by atoms with E-state index in [1.807, 2.05) is 24.5 Å². The molecule has 1 aromatic rings. The van der Waals surface area contributed by atoms with Crippen LogP contribution in [0.3, 0.4) is 0 Å². The fraction of sp³-hybridized carbons (Fsp3) is 0.429. The zero-order valence-electron chi connectivity index (χ0n) is 11.6. The van der Waals surface area contributed by atoms with Gasteiger partial charge in [-0.3, -0.25) is 14.5 Å². The number of carbonyl (C=O) groups is 2. The number of Topliss-reactive ketones (excluding diaryl/α,β-unsaturated/α-hetero) is 1. The highest BCUT2D eigenvalue weighted by Gasteiger charge is 2.17. The van der Waals surface area contributed by atoms with E-state index in [9.17, 15) is 9.59 Å². The molecule has 0 saturated heterocycles. The standard InChI is InChI=1S/C14H20N2O3/c1-5-6-16-10(2)7-12(11(16)3)13(17)8-15(4)9-14(18)19/h5,7H,1,6,8-9H2,2-4H3,(H,18,19). The Kier molecular flexibility index (Phi) is 5.06. The average Bonchev–Trinajstić information content (AvgIpc) is 2.56. The Labute approximate surface area is 113 Å². The van der Waals surface area contributed by atoms with Crippen LogP contribution in [0.1, 0.15) is 21.7 Å². The van der Waals surface area contributed by atoms with Gasteiger partial charge in [0.15, 0.2) is 5.78 Å². The van der Waals surface area contributed by atoms with Crippen molar-refractivity contribution >= 4 is 11.8 Å². The number of carboxylic acid groups (broad SMARTS) is 1. The van der Waals surface area contributed by atoms with Crippen LogP contribution in [0.25, 0.3) is 0 Å². The maximum Gasteiger partial charge on any atom is 0.317 e. The van der Waals surface area contributed by atoms with Gasteiger partial charge in [-0.25, -0.2) is 0 Å². The number of hydrogen-bond donors (Lipinski definition) is 1. The number of hydrogen-bond acceptors (Lipinski definition) is 3. The van der Waals surface area contributed by atoms with Gasteiger partial charge in [0.2, 0.25) is 0 Å². The molecule has 1 aromatic heterocycles. The lowest BCUT2D eigenvalue weighted by atomic mass is 10.1. The van der Waals surface area contributed by atoms with Crippen LogP contribution in [-0.2, 0) is 11.3 Å². The Bertz CT molecular complexity index is 503. The van der Waals surface area contributed by atoms with Crippen molar-refractivity contribution in [3.05, 3.63) is 35.7 Å². The first kappa shape index (κ1) is 15.2. The molecule has 0 fully saturated rings. The Morgan fingerprint density at radius 1 is 1.42 bits per heavy atom. The molecule has 0 amide bonds. The smallest absolute Gasteiger partial charge is 0.317 e. The minimum Gasteiger partial charge on any atom is -0.480 e. The summed E-state index contributed by atoms with van der Waals surface area (Å²) in [5, 5.41) is 8.67. The predicted molar refractivity (Wildman–Crippen MR) is 73.6 cm³/mol. The number of ketones is 1. The quantitative estimate of drug-likeness (QED) is 0.598. The van der Waals surface area contributed by atoms with Crippen molar-refractivity contribution in [1.82, 2.24) is 9.47 Å². The summed E-state index contributed by atoms with van der Waals surface area (Å²) in [7, 11) is 1.62. The highest BCUT2D eigenvalue weighted by molar-refractivity contribution is 5.99. The molecule has 0 spiro atoms. The predicted octanol–water partition coefficient (Wildman–Crippen LogP) is 1.49. The number of carboxylic acids is 1. The molecule has 0 aliphatic heterocycles. The average molecular weight is 264 g/mol. The first-order valence-corrected chi connectivity index (χ1v) is 6.08. The van der Waals surface area contributed by atoms with Crippen LogP contribution in [0, 0.1) is 13.8 Å². The molecule has 5 heteroatoms. The molecule has 104 valence electrons. The van der Waals surface area contributed by atoms with Crippen molar-refractivity contribution in [1.29, 1.82) is 0 Å². The first-order chi connectivity index (χ1) is 8.86. The van der Waals surface area contributed by atoms with Crippen molar-refractivity contribution in [3.8, 4) is 0 Å². The van der Waals surface area contributed by atoms with Gasteiger partial charge in [0, 0.05) is 23.5 Å². The van der Waals surface area contributed by atoms with E-state index in [-0.39, 0.29) is 18.9 Å².